The predicted octanol–water partition coefficient (Wildman–Crippen LogP) is 2.31. The molecule has 0 radical (unpaired) electrons. The van der Waals surface area contributed by atoms with Gasteiger partial charge in [0, 0.05) is 6.54 Å². The van der Waals surface area contributed by atoms with E-state index < -0.39 is 12.2 Å². The molecule has 1 aliphatic carbocycles. The van der Waals surface area contributed by atoms with E-state index in [0.717, 1.165) is 12.8 Å². The van der Waals surface area contributed by atoms with Crippen LogP contribution in [0.25, 0.3) is 0 Å². The van der Waals surface area contributed by atoms with Crippen LogP contribution in [0.4, 0.5) is 0 Å². The van der Waals surface area contributed by atoms with Gasteiger partial charge in [0.25, 0.3) is 0 Å². The van der Waals surface area contributed by atoms with Crippen molar-refractivity contribution in [3.05, 3.63) is 23.9 Å². The summed E-state index contributed by atoms with van der Waals surface area (Å²) in [6.45, 7) is 10.4. The lowest BCUT2D eigenvalue weighted by atomic mass is 9.91. The average molecular weight is 311 g/mol. The maximum absolute atomic E-state index is 12.2. The first-order chi connectivity index (χ1) is 10.6. The van der Waals surface area contributed by atoms with Crippen LogP contribution < -0.4 is 5.32 Å². The van der Waals surface area contributed by atoms with Gasteiger partial charge in [0.2, 0.25) is 0 Å². The average Bonchev–Trinajstić information content (AvgIpc) is 2.52. The monoisotopic (exact) mass is 311 g/mol. The minimum atomic E-state index is -0.619. The van der Waals surface area contributed by atoms with Crippen molar-refractivity contribution >= 4 is 5.97 Å². The summed E-state index contributed by atoms with van der Waals surface area (Å²) >= 11 is 0. The van der Waals surface area contributed by atoms with E-state index >= 15 is 0 Å². The zero-order valence-corrected chi connectivity index (χ0v) is 13.9. The van der Waals surface area contributed by atoms with Crippen molar-refractivity contribution in [1.82, 2.24) is 5.32 Å². The second kappa shape index (κ2) is 9.64. The van der Waals surface area contributed by atoms with Crippen molar-refractivity contribution in [1.29, 1.82) is 0 Å². The molecule has 2 unspecified atom stereocenters. The topological polar surface area (TPSA) is 67.8 Å². The Bertz CT molecular complexity index is 401. The van der Waals surface area contributed by atoms with E-state index in [-0.39, 0.29) is 12.1 Å². The van der Waals surface area contributed by atoms with Crippen molar-refractivity contribution < 1.29 is 19.4 Å². The van der Waals surface area contributed by atoms with Crippen molar-refractivity contribution in [2.75, 3.05) is 13.2 Å². The summed E-state index contributed by atoms with van der Waals surface area (Å²) < 4.78 is 11.2. The molecule has 0 spiro atoms. The fourth-order valence-electron chi connectivity index (χ4n) is 2.61. The van der Waals surface area contributed by atoms with Crippen molar-refractivity contribution in [2.45, 2.75) is 64.8 Å². The summed E-state index contributed by atoms with van der Waals surface area (Å²) in [5.74, 6) is -0.334. The third-order valence-electron chi connectivity index (χ3n) is 3.86. The van der Waals surface area contributed by atoms with Gasteiger partial charge in [0.15, 0.2) is 0 Å². The smallest absolute Gasteiger partial charge is 0.335 e. The Morgan fingerprint density at radius 3 is 2.68 bits per heavy atom. The number of rotatable bonds is 9. The molecule has 0 aromatic rings. The summed E-state index contributed by atoms with van der Waals surface area (Å²) in [5, 5.41) is 13.5. The molecular weight excluding hydrogens is 282 g/mol. The van der Waals surface area contributed by atoms with Crippen LogP contribution in [0.2, 0.25) is 0 Å². The Kier molecular flexibility index (Phi) is 8.20. The Morgan fingerprint density at radius 2 is 2.14 bits per heavy atom. The molecule has 0 bridgehead atoms. The van der Waals surface area contributed by atoms with Gasteiger partial charge in [-0.15, -0.1) is 6.58 Å². The lowest BCUT2D eigenvalue weighted by Crippen LogP contribution is -2.43. The molecule has 0 amide bonds. The standard InChI is InChI=1S/C17H29NO4/c1-5-11-18-15-13(17(20)21-8-4)9-10-14(19)16(15)22-12(6-2)7-3/h5,12,14,16,18-19H,1,6-11H2,2-4H3. The molecule has 0 aliphatic heterocycles. The lowest BCUT2D eigenvalue weighted by Gasteiger charge is -2.34. The highest BCUT2D eigenvalue weighted by Gasteiger charge is 2.35. The number of aliphatic hydroxyl groups excluding tert-OH is 1. The zero-order valence-electron chi connectivity index (χ0n) is 13.9. The fourth-order valence-corrected chi connectivity index (χ4v) is 2.61. The minimum Gasteiger partial charge on any atom is -0.463 e. The minimum absolute atomic E-state index is 0.0572. The van der Waals surface area contributed by atoms with Crippen LogP contribution in [0, 0.1) is 0 Å². The molecular formula is C17H29NO4. The number of hydrogen-bond acceptors (Lipinski definition) is 5. The molecule has 2 atom stereocenters. The maximum Gasteiger partial charge on any atom is 0.335 e. The first-order valence-electron chi connectivity index (χ1n) is 8.17. The first kappa shape index (κ1) is 18.7. The van der Waals surface area contributed by atoms with E-state index in [4.69, 9.17) is 9.47 Å². The van der Waals surface area contributed by atoms with Gasteiger partial charge >= 0.3 is 5.97 Å². The zero-order chi connectivity index (χ0) is 16.5. The van der Waals surface area contributed by atoms with Gasteiger partial charge in [-0.2, -0.15) is 0 Å². The van der Waals surface area contributed by atoms with Gasteiger partial charge in [0.1, 0.15) is 6.10 Å². The Balaban J connectivity index is 3.07. The molecule has 22 heavy (non-hydrogen) atoms. The number of ether oxygens (including phenoxy) is 2. The number of aliphatic hydroxyl groups is 1. The molecule has 0 fully saturated rings. The summed E-state index contributed by atoms with van der Waals surface area (Å²) in [4.78, 5) is 12.2. The Labute approximate surface area is 133 Å². The molecule has 1 aliphatic rings. The number of carbonyl (C=O) groups excluding carboxylic acids is 1. The van der Waals surface area contributed by atoms with Crippen LogP contribution in [-0.4, -0.2) is 42.5 Å². The second-order valence-electron chi connectivity index (χ2n) is 5.38. The molecule has 2 N–H and O–H groups in total. The van der Waals surface area contributed by atoms with Gasteiger partial charge < -0.3 is 19.9 Å². The van der Waals surface area contributed by atoms with E-state index in [0.29, 0.717) is 37.3 Å². The van der Waals surface area contributed by atoms with Crippen LogP contribution in [-0.2, 0) is 14.3 Å². The molecule has 5 nitrogen and oxygen atoms in total. The molecule has 126 valence electrons. The van der Waals surface area contributed by atoms with Crippen LogP contribution in [0.1, 0.15) is 46.5 Å². The van der Waals surface area contributed by atoms with Crippen LogP contribution in [0.3, 0.4) is 0 Å². The highest BCUT2D eigenvalue weighted by molar-refractivity contribution is 5.89. The largest absolute Gasteiger partial charge is 0.463 e. The van der Waals surface area contributed by atoms with Gasteiger partial charge in [0.05, 0.1) is 30.1 Å². The lowest BCUT2D eigenvalue weighted by molar-refractivity contribution is -0.139. The van der Waals surface area contributed by atoms with E-state index in [1.165, 1.54) is 0 Å². The van der Waals surface area contributed by atoms with Crippen LogP contribution in [0.5, 0.6) is 0 Å². The molecule has 5 heteroatoms. The number of esters is 1. The maximum atomic E-state index is 12.2. The van der Waals surface area contributed by atoms with Gasteiger partial charge in [-0.25, -0.2) is 4.79 Å². The number of carbonyl (C=O) groups is 1. The SMILES string of the molecule is C=CCNC1=C(C(=O)OCC)CCC(O)C1OC(CC)CC. The van der Waals surface area contributed by atoms with Gasteiger partial charge in [-0.05, 0) is 32.6 Å². The number of hydrogen-bond donors (Lipinski definition) is 2. The van der Waals surface area contributed by atoms with E-state index in [2.05, 4.69) is 25.7 Å². The summed E-state index contributed by atoms with van der Waals surface area (Å²) in [7, 11) is 0. The van der Waals surface area contributed by atoms with Gasteiger partial charge in [-0.1, -0.05) is 19.9 Å². The summed E-state index contributed by atoms with van der Waals surface area (Å²) in [6.07, 6.45) is 3.35. The summed E-state index contributed by atoms with van der Waals surface area (Å²) in [6, 6.07) is 0. The van der Waals surface area contributed by atoms with Gasteiger partial charge in [-0.3, -0.25) is 0 Å². The van der Waals surface area contributed by atoms with E-state index in [9.17, 15) is 9.90 Å². The molecule has 0 aromatic heterocycles. The molecule has 0 saturated carbocycles. The first-order valence-corrected chi connectivity index (χ1v) is 8.17. The summed E-state index contributed by atoms with van der Waals surface area (Å²) in [5.41, 5.74) is 1.22. The fraction of sp³-hybridized carbons (Fsp3) is 0.706. The highest BCUT2D eigenvalue weighted by Crippen LogP contribution is 2.29. The quantitative estimate of drug-likeness (QED) is 0.505. The molecule has 0 aromatic carbocycles. The Hall–Kier alpha value is -1.33. The highest BCUT2D eigenvalue weighted by atomic mass is 16.5. The normalized spacial score (nSPS) is 21.9. The molecule has 0 saturated heterocycles. The number of nitrogens with one attached hydrogen (secondary N) is 1. The van der Waals surface area contributed by atoms with Crippen LogP contribution in [0.15, 0.2) is 23.9 Å². The van der Waals surface area contributed by atoms with Crippen molar-refractivity contribution in [3.8, 4) is 0 Å². The second-order valence-corrected chi connectivity index (χ2v) is 5.38. The van der Waals surface area contributed by atoms with E-state index in [1.54, 1.807) is 13.0 Å². The van der Waals surface area contributed by atoms with Crippen molar-refractivity contribution in [2.24, 2.45) is 0 Å². The van der Waals surface area contributed by atoms with E-state index in [1.807, 2.05) is 0 Å². The van der Waals surface area contributed by atoms with Crippen LogP contribution >= 0.6 is 0 Å². The molecule has 1 rings (SSSR count). The molecule has 0 heterocycles. The predicted molar refractivity (Wildman–Crippen MR) is 86.3 cm³/mol. The Morgan fingerprint density at radius 1 is 1.45 bits per heavy atom. The third-order valence-corrected chi connectivity index (χ3v) is 3.86. The third kappa shape index (κ3) is 4.85. The van der Waals surface area contributed by atoms with Crippen molar-refractivity contribution in [3.63, 3.8) is 0 Å².